The van der Waals surface area contributed by atoms with Crippen LogP contribution in [-0.2, 0) is 17.8 Å². The average Bonchev–Trinajstić information content (AvgIpc) is 3.38. The summed E-state index contributed by atoms with van der Waals surface area (Å²) in [6.45, 7) is 5.17. The minimum atomic E-state index is -0.225. The fourth-order valence-corrected chi connectivity index (χ4v) is 4.10. The van der Waals surface area contributed by atoms with E-state index in [1.807, 2.05) is 38.1 Å². The van der Waals surface area contributed by atoms with E-state index >= 15 is 0 Å². The molecule has 0 aliphatic carbocycles. The summed E-state index contributed by atoms with van der Waals surface area (Å²) in [7, 11) is 3.18. The highest BCUT2D eigenvalue weighted by molar-refractivity contribution is 6.31. The number of nitrogens with zero attached hydrogens (tertiary/aromatic N) is 2. The highest BCUT2D eigenvalue weighted by atomic mass is 35.5. The van der Waals surface area contributed by atoms with Crippen LogP contribution in [0.5, 0.6) is 11.5 Å². The zero-order chi connectivity index (χ0) is 26.1. The van der Waals surface area contributed by atoms with Crippen LogP contribution in [0.2, 0.25) is 5.02 Å². The Morgan fingerprint density at radius 3 is 2.39 bits per heavy atom. The summed E-state index contributed by atoms with van der Waals surface area (Å²) in [5.41, 5.74) is 1.46. The van der Waals surface area contributed by atoms with E-state index in [2.05, 4.69) is 0 Å². The maximum atomic E-state index is 13.5. The van der Waals surface area contributed by atoms with Gasteiger partial charge in [0.2, 0.25) is 5.91 Å². The van der Waals surface area contributed by atoms with Crippen molar-refractivity contribution in [3.63, 3.8) is 0 Å². The summed E-state index contributed by atoms with van der Waals surface area (Å²) >= 11 is 6.10. The van der Waals surface area contributed by atoms with Gasteiger partial charge < -0.3 is 23.7 Å². The number of benzene rings is 2. The Hall–Kier alpha value is -3.45. The van der Waals surface area contributed by atoms with Crippen LogP contribution in [0.3, 0.4) is 0 Å². The van der Waals surface area contributed by atoms with Gasteiger partial charge in [0.25, 0.3) is 5.91 Å². The lowest BCUT2D eigenvalue weighted by Crippen LogP contribution is -2.44. The molecule has 0 radical (unpaired) electrons. The molecule has 3 aromatic rings. The lowest BCUT2D eigenvalue weighted by Gasteiger charge is -2.28. The molecular weight excluding hydrogens is 480 g/mol. The van der Waals surface area contributed by atoms with E-state index in [0.29, 0.717) is 53.9 Å². The first-order valence-electron chi connectivity index (χ1n) is 11.9. The molecule has 8 heteroatoms. The molecule has 0 aliphatic rings. The van der Waals surface area contributed by atoms with Crippen LogP contribution in [0.1, 0.15) is 35.5 Å². The normalized spacial score (nSPS) is 10.8. The number of amides is 2. The van der Waals surface area contributed by atoms with E-state index in [4.69, 9.17) is 25.5 Å². The van der Waals surface area contributed by atoms with Crippen molar-refractivity contribution in [2.75, 3.05) is 33.9 Å². The molecule has 2 aromatic carbocycles. The van der Waals surface area contributed by atoms with Gasteiger partial charge in [-0.25, -0.2) is 0 Å². The molecule has 0 spiro atoms. The van der Waals surface area contributed by atoms with Crippen LogP contribution in [0.15, 0.2) is 65.3 Å². The van der Waals surface area contributed by atoms with Crippen molar-refractivity contribution in [1.29, 1.82) is 0 Å². The number of carbonyl (C=O) groups excluding carboxylic acids is 2. The molecule has 0 atom stereocenters. The molecule has 0 saturated carbocycles. The Balaban J connectivity index is 1.78. The molecule has 0 saturated heterocycles. The van der Waals surface area contributed by atoms with E-state index in [0.717, 1.165) is 5.56 Å². The number of halogens is 1. The van der Waals surface area contributed by atoms with Gasteiger partial charge in [-0.15, -0.1) is 0 Å². The Kier molecular flexibility index (Phi) is 9.82. The van der Waals surface area contributed by atoms with Crippen LogP contribution < -0.4 is 9.47 Å². The fourth-order valence-electron chi connectivity index (χ4n) is 3.91. The number of hydrogen-bond acceptors (Lipinski definition) is 5. The van der Waals surface area contributed by atoms with Crippen LogP contribution >= 0.6 is 11.6 Å². The van der Waals surface area contributed by atoms with Gasteiger partial charge in [-0.3, -0.25) is 9.59 Å². The number of methoxy groups -OCH3 is 2. The van der Waals surface area contributed by atoms with Crippen LogP contribution in [0.25, 0.3) is 0 Å². The van der Waals surface area contributed by atoms with Crippen molar-refractivity contribution in [3.05, 3.63) is 82.8 Å². The molecule has 1 aromatic heterocycles. The maximum Gasteiger partial charge on any atom is 0.254 e. The predicted octanol–water partition coefficient (Wildman–Crippen LogP) is 5.32. The molecule has 0 N–H and O–H groups in total. The van der Waals surface area contributed by atoms with E-state index in [-0.39, 0.29) is 24.3 Å². The predicted molar refractivity (Wildman–Crippen MR) is 140 cm³/mol. The second-order valence-corrected chi connectivity index (χ2v) is 9.36. The second-order valence-electron chi connectivity index (χ2n) is 8.92. The van der Waals surface area contributed by atoms with Gasteiger partial charge >= 0.3 is 0 Å². The van der Waals surface area contributed by atoms with Crippen molar-refractivity contribution in [3.8, 4) is 11.5 Å². The largest absolute Gasteiger partial charge is 0.493 e. The van der Waals surface area contributed by atoms with Gasteiger partial charge in [0, 0.05) is 23.7 Å². The number of hydrogen-bond donors (Lipinski definition) is 0. The van der Waals surface area contributed by atoms with Gasteiger partial charge in [0.1, 0.15) is 12.3 Å². The third-order valence-corrected chi connectivity index (χ3v) is 5.90. The molecular formula is C28H33ClN2O5. The maximum absolute atomic E-state index is 13.5. The lowest BCUT2D eigenvalue weighted by molar-refractivity contribution is -0.132. The third-order valence-electron chi connectivity index (χ3n) is 5.67. The zero-order valence-electron chi connectivity index (χ0n) is 21.2. The highest BCUT2D eigenvalue weighted by Gasteiger charge is 2.24. The standard InChI is InChI=1S/C28H33ClN2O5/c1-20(2)17-31(28(33)22-7-5-8-23(29)16-22)19-27(32)30(18-24-9-6-14-36-24)13-12-21-10-11-25(34-3)26(15-21)35-4/h5-11,14-16,20H,12-13,17-19H2,1-4H3. The Bertz CT molecular complexity index is 1150. The van der Waals surface area contributed by atoms with E-state index < -0.39 is 0 Å². The van der Waals surface area contributed by atoms with Crippen molar-refractivity contribution in [2.24, 2.45) is 5.92 Å². The molecule has 36 heavy (non-hydrogen) atoms. The topological polar surface area (TPSA) is 72.2 Å². The Labute approximate surface area is 217 Å². The first-order valence-corrected chi connectivity index (χ1v) is 12.2. The molecule has 3 rings (SSSR count). The lowest BCUT2D eigenvalue weighted by atomic mass is 10.1. The van der Waals surface area contributed by atoms with Crippen molar-refractivity contribution in [2.45, 2.75) is 26.8 Å². The highest BCUT2D eigenvalue weighted by Crippen LogP contribution is 2.28. The number of ether oxygens (including phenoxy) is 2. The molecule has 0 aliphatic heterocycles. The molecule has 192 valence electrons. The quantitative estimate of drug-likeness (QED) is 0.328. The fraction of sp³-hybridized carbons (Fsp3) is 0.357. The molecule has 7 nitrogen and oxygen atoms in total. The second kappa shape index (κ2) is 13.0. The first kappa shape index (κ1) is 27.1. The minimum absolute atomic E-state index is 0.0455. The molecule has 0 unspecified atom stereocenters. The van der Waals surface area contributed by atoms with Crippen molar-refractivity contribution >= 4 is 23.4 Å². The van der Waals surface area contributed by atoms with Gasteiger partial charge in [-0.2, -0.15) is 0 Å². The number of furan rings is 1. The van der Waals surface area contributed by atoms with Crippen LogP contribution in [-0.4, -0.2) is 55.5 Å². The number of rotatable bonds is 12. The number of carbonyl (C=O) groups is 2. The minimum Gasteiger partial charge on any atom is -0.493 e. The van der Waals surface area contributed by atoms with Gasteiger partial charge in [0.05, 0.1) is 27.0 Å². The zero-order valence-corrected chi connectivity index (χ0v) is 22.0. The summed E-state index contributed by atoms with van der Waals surface area (Å²) in [6.07, 6.45) is 2.18. The molecule has 2 amide bonds. The average molecular weight is 513 g/mol. The molecule has 1 heterocycles. The summed E-state index contributed by atoms with van der Waals surface area (Å²) in [5.74, 6) is 1.75. The van der Waals surface area contributed by atoms with E-state index in [9.17, 15) is 9.59 Å². The van der Waals surface area contributed by atoms with Gasteiger partial charge in [-0.1, -0.05) is 37.6 Å². The summed E-state index contributed by atoms with van der Waals surface area (Å²) in [4.78, 5) is 30.1. The van der Waals surface area contributed by atoms with Gasteiger partial charge in [-0.05, 0) is 60.4 Å². The van der Waals surface area contributed by atoms with Crippen molar-refractivity contribution in [1.82, 2.24) is 9.80 Å². The summed E-state index contributed by atoms with van der Waals surface area (Å²) in [6, 6.07) is 16.1. The van der Waals surface area contributed by atoms with E-state index in [1.54, 1.807) is 60.6 Å². The Morgan fingerprint density at radius 1 is 0.972 bits per heavy atom. The van der Waals surface area contributed by atoms with Crippen LogP contribution in [0, 0.1) is 5.92 Å². The first-order chi connectivity index (χ1) is 17.3. The third kappa shape index (κ3) is 7.52. The van der Waals surface area contributed by atoms with Crippen LogP contribution in [0.4, 0.5) is 0 Å². The van der Waals surface area contributed by atoms with Gasteiger partial charge in [0.15, 0.2) is 11.5 Å². The van der Waals surface area contributed by atoms with Crippen molar-refractivity contribution < 1.29 is 23.5 Å². The summed E-state index contributed by atoms with van der Waals surface area (Å²) in [5, 5.41) is 0.478. The summed E-state index contributed by atoms with van der Waals surface area (Å²) < 4.78 is 16.2. The molecule has 0 fully saturated rings. The smallest absolute Gasteiger partial charge is 0.254 e. The molecule has 0 bridgehead atoms. The van der Waals surface area contributed by atoms with E-state index in [1.165, 1.54) is 0 Å². The SMILES string of the molecule is COc1ccc(CCN(Cc2ccco2)C(=O)CN(CC(C)C)C(=O)c2cccc(Cl)c2)cc1OC. The monoisotopic (exact) mass is 512 g/mol. The Morgan fingerprint density at radius 2 is 1.75 bits per heavy atom.